The monoisotopic (exact) mass is 1340 g/mol. The second kappa shape index (κ2) is 18.9. The van der Waals surface area contributed by atoms with Crippen LogP contribution < -0.4 is 9.80 Å². The average molecular weight is 1340 g/mol. The molecule has 0 bridgehead atoms. The van der Waals surface area contributed by atoms with Crippen LogP contribution in [0.4, 0.5) is 11.4 Å². The molecule has 0 radical (unpaired) electrons. The molecule has 2 rings (SSSR count). The first-order chi connectivity index (χ1) is 22.2. The predicted molar refractivity (Wildman–Crippen MR) is 228 cm³/mol. The van der Waals surface area contributed by atoms with E-state index in [1.54, 1.807) is 28.2 Å². The van der Waals surface area contributed by atoms with Crippen LogP contribution in [0.5, 0.6) is 0 Å². The molecule has 0 aromatic heterocycles. The normalized spacial score (nSPS) is 10.8. The van der Waals surface area contributed by atoms with Crippen molar-refractivity contribution >= 4 is 182 Å². The molecule has 2 aromatic carbocycles. The number of hydrogen-bond acceptors (Lipinski definition) is 8. The lowest BCUT2D eigenvalue weighted by Gasteiger charge is -2.25. The van der Waals surface area contributed by atoms with Crippen molar-refractivity contribution in [1.82, 2.24) is 9.80 Å². The minimum Gasteiger partial charge on any atom is -0.478 e. The zero-order chi connectivity index (χ0) is 36.9. The van der Waals surface area contributed by atoms with Crippen LogP contribution in [0, 0.1) is 21.4 Å². The highest BCUT2D eigenvalue weighted by Gasteiger charge is 2.33. The van der Waals surface area contributed by atoms with Crippen LogP contribution >= 0.6 is 136 Å². The smallest absolute Gasteiger partial charge is 0.337 e. The number of anilines is 2. The third kappa shape index (κ3) is 9.70. The van der Waals surface area contributed by atoms with Crippen LogP contribution in [-0.4, -0.2) is 124 Å². The molecule has 0 fully saturated rings. The van der Waals surface area contributed by atoms with Crippen molar-refractivity contribution in [2.45, 2.75) is 0 Å². The molecule has 0 aliphatic heterocycles. The Morgan fingerprint density at radius 2 is 0.771 bits per heavy atom. The minimum atomic E-state index is -1.24. The fraction of sp³-hybridized carbons (Fsp3) is 0.357. The van der Waals surface area contributed by atoms with Gasteiger partial charge in [-0.1, -0.05) is 0 Å². The molecule has 0 heterocycles. The van der Waals surface area contributed by atoms with Gasteiger partial charge in [-0.25, -0.2) is 9.59 Å². The molecule has 4 amide bonds. The van der Waals surface area contributed by atoms with Crippen molar-refractivity contribution in [3.05, 3.63) is 43.7 Å². The number of likely N-dealkylation sites (N-methyl/N-ethyl adjacent to an activating group) is 2. The van der Waals surface area contributed by atoms with Crippen LogP contribution in [0.15, 0.2) is 0 Å². The third-order valence-electron chi connectivity index (χ3n) is 6.50. The van der Waals surface area contributed by atoms with Gasteiger partial charge in [0.2, 0.25) is 0 Å². The number of nitrogens with zero attached hydrogens (tertiary/aromatic N) is 4. The van der Waals surface area contributed by atoms with Gasteiger partial charge in [-0.05, 0) is 136 Å². The van der Waals surface area contributed by atoms with Gasteiger partial charge < -0.3 is 39.3 Å². The highest BCUT2D eigenvalue weighted by molar-refractivity contribution is 14.1. The lowest BCUT2D eigenvalue weighted by atomic mass is 10.1. The molecule has 0 unspecified atom stereocenters. The topological polar surface area (TPSA) is 174 Å². The summed E-state index contributed by atoms with van der Waals surface area (Å²) >= 11 is 11.2. The van der Waals surface area contributed by atoms with Gasteiger partial charge in [0.05, 0.1) is 61.1 Å². The Morgan fingerprint density at radius 1 is 0.500 bits per heavy atom. The molecule has 262 valence electrons. The predicted octanol–water partition coefficient (Wildman–Crippen LogP) is 4.77. The third-order valence-corrected chi connectivity index (χ3v) is 12.9. The number of carbonyl (C=O) groups is 6. The summed E-state index contributed by atoms with van der Waals surface area (Å²) in [6, 6.07) is 0. The summed E-state index contributed by atoms with van der Waals surface area (Å²) in [5.41, 5.74) is 0.696. The molecule has 0 saturated heterocycles. The van der Waals surface area contributed by atoms with Crippen LogP contribution in [0.2, 0.25) is 0 Å². The quantitative estimate of drug-likeness (QED) is 0.210. The van der Waals surface area contributed by atoms with E-state index in [0.717, 1.165) is 0 Å². The average Bonchev–Trinajstić information content (AvgIpc) is 2.97. The summed E-state index contributed by atoms with van der Waals surface area (Å²) in [6.07, 6.45) is 0. The molecule has 0 aliphatic rings. The van der Waals surface area contributed by atoms with Crippen molar-refractivity contribution in [1.29, 1.82) is 0 Å². The molecule has 48 heavy (non-hydrogen) atoms. The maximum Gasteiger partial charge on any atom is 0.337 e. The summed E-state index contributed by atoms with van der Waals surface area (Å²) in [5.74, 6) is -4.31. The Morgan fingerprint density at radius 3 is 1.02 bits per heavy atom. The number of halogens is 6. The van der Waals surface area contributed by atoms with Crippen molar-refractivity contribution in [3.63, 3.8) is 0 Å². The maximum absolute atomic E-state index is 13.1. The van der Waals surface area contributed by atoms with Gasteiger partial charge in [-0.2, -0.15) is 0 Å². The molecule has 14 nitrogen and oxygen atoms in total. The van der Waals surface area contributed by atoms with Crippen molar-refractivity contribution in [3.8, 4) is 0 Å². The lowest BCUT2D eigenvalue weighted by molar-refractivity contribution is -0.126. The molecule has 0 aliphatic carbocycles. The molecule has 0 atom stereocenters. The number of carboxylic acid groups (broad SMARTS) is 2. The number of carboxylic acids is 2. The molecule has 0 spiro atoms. The zero-order valence-electron chi connectivity index (χ0n) is 26.0. The number of rotatable bonds is 13. The Kier molecular flexibility index (Phi) is 17.2. The SMILES string of the molecule is CN(C)C(=O)c1c(I)c(C(=O)O)c(I)c(N(C)C(=O)COCCOCC(=O)N(C)c2c(I)c(C(=O)O)c(I)c(C(=O)N(C)C)c2I)c1I. The molecule has 2 N–H and O–H groups in total. The lowest BCUT2D eigenvalue weighted by Crippen LogP contribution is -2.35. The fourth-order valence-corrected chi connectivity index (χ4v) is 13.6. The number of hydrogen-bond donors (Lipinski definition) is 2. The standard InChI is InChI=1S/C28H28I6N4O10/c1-35(2)25(41)13-17(29)15(27(43)44)21(33)23(19(13)31)37(5)11(39)9-47-7-8-48-10-12(40)38(6)24-20(32)14(26(42)36(3)4)18(30)16(22(24)34)28(45)46/h7-10H2,1-6H3,(H,43,44)(H,45,46). The van der Waals surface area contributed by atoms with E-state index in [0.29, 0.717) is 7.14 Å². The number of carbonyl (C=O) groups excluding carboxylic acids is 4. The van der Waals surface area contributed by atoms with Crippen LogP contribution in [0.3, 0.4) is 0 Å². The van der Waals surface area contributed by atoms with Crippen molar-refractivity contribution < 1.29 is 48.5 Å². The van der Waals surface area contributed by atoms with E-state index in [1.807, 2.05) is 136 Å². The summed E-state index contributed by atoms with van der Waals surface area (Å²) < 4.78 is 12.9. The van der Waals surface area contributed by atoms with E-state index in [-0.39, 0.29) is 61.1 Å². The van der Waals surface area contributed by atoms with Gasteiger partial charge in [0, 0.05) is 49.4 Å². The molecular weight excluding hydrogens is 1310 g/mol. The Bertz CT molecular complexity index is 1560. The molecule has 20 heteroatoms. The largest absolute Gasteiger partial charge is 0.478 e. The van der Waals surface area contributed by atoms with Crippen molar-refractivity contribution in [2.24, 2.45) is 0 Å². The fourth-order valence-electron chi connectivity index (χ4n) is 3.97. The Hall–Kier alpha value is -0.440. The maximum atomic E-state index is 13.1. The van der Waals surface area contributed by atoms with Gasteiger partial charge in [-0.15, -0.1) is 0 Å². The van der Waals surface area contributed by atoms with Gasteiger partial charge in [-0.3, -0.25) is 19.2 Å². The van der Waals surface area contributed by atoms with E-state index < -0.39 is 48.8 Å². The van der Waals surface area contributed by atoms with Gasteiger partial charge in [0.15, 0.2) is 0 Å². The van der Waals surface area contributed by atoms with Crippen molar-refractivity contribution in [2.75, 3.05) is 78.5 Å². The van der Waals surface area contributed by atoms with Gasteiger partial charge in [0.25, 0.3) is 23.6 Å². The first-order valence-electron chi connectivity index (χ1n) is 13.2. The van der Waals surface area contributed by atoms with Gasteiger partial charge >= 0.3 is 11.9 Å². The van der Waals surface area contributed by atoms with Crippen LogP contribution in [-0.2, 0) is 19.1 Å². The number of aromatic carboxylic acids is 2. The van der Waals surface area contributed by atoms with E-state index in [2.05, 4.69) is 0 Å². The Labute approximate surface area is 358 Å². The molecule has 2 aromatic rings. The van der Waals surface area contributed by atoms with Gasteiger partial charge in [0.1, 0.15) is 13.2 Å². The van der Waals surface area contributed by atoms with Crippen LogP contribution in [0.25, 0.3) is 0 Å². The highest BCUT2D eigenvalue weighted by Crippen LogP contribution is 2.39. The minimum absolute atomic E-state index is 0.0641. The molecular formula is C28H28I6N4O10. The van der Waals surface area contributed by atoms with E-state index in [9.17, 15) is 39.0 Å². The first-order valence-corrected chi connectivity index (χ1v) is 19.7. The number of amides is 4. The van der Waals surface area contributed by atoms with Crippen LogP contribution in [0.1, 0.15) is 41.4 Å². The second-order valence-corrected chi connectivity index (χ2v) is 16.6. The summed E-state index contributed by atoms with van der Waals surface area (Å²) in [4.78, 5) is 81.3. The summed E-state index contributed by atoms with van der Waals surface area (Å²) in [5, 5.41) is 19.7. The summed E-state index contributed by atoms with van der Waals surface area (Å²) in [7, 11) is 9.11. The number of benzene rings is 2. The zero-order valence-corrected chi connectivity index (χ0v) is 39.0. The highest BCUT2D eigenvalue weighted by atomic mass is 127. The van der Waals surface area contributed by atoms with E-state index >= 15 is 0 Å². The second-order valence-electron chi connectivity index (χ2n) is 10.1. The number of ether oxygens (including phenoxy) is 2. The first kappa shape index (κ1) is 43.7. The van der Waals surface area contributed by atoms with E-state index in [1.165, 1.54) is 33.7 Å². The molecule has 0 saturated carbocycles. The Balaban J connectivity index is 2.13. The summed E-state index contributed by atoms with van der Waals surface area (Å²) in [6.45, 7) is -0.924. The van der Waals surface area contributed by atoms with E-state index in [4.69, 9.17) is 9.47 Å².